The summed E-state index contributed by atoms with van der Waals surface area (Å²) in [6, 6.07) is 10.3. The molecule has 0 aromatic heterocycles. The van der Waals surface area contributed by atoms with Crippen LogP contribution in [0.5, 0.6) is 0 Å². The van der Waals surface area contributed by atoms with Crippen molar-refractivity contribution in [2.24, 2.45) is 5.92 Å². The van der Waals surface area contributed by atoms with Gasteiger partial charge in [-0.1, -0.05) is 57.7 Å². The lowest BCUT2D eigenvalue weighted by molar-refractivity contribution is -0.114. The lowest BCUT2D eigenvalue weighted by Gasteiger charge is -2.09. The zero-order valence-electron chi connectivity index (χ0n) is 12.7. The average molecular weight is 288 g/mol. The molecule has 1 atom stereocenters. The summed E-state index contributed by atoms with van der Waals surface area (Å²) in [6.07, 6.45) is 3.91. The lowest BCUT2D eigenvalue weighted by Crippen LogP contribution is -2.03. The van der Waals surface area contributed by atoms with Crippen molar-refractivity contribution in [1.29, 1.82) is 0 Å². The van der Waals surface area contributed by atoms with E-state index >= 15 is 0 Å². The van der Waals surface area contributed by atoms with Gasteiger partial charge in [-0.15, -0.1) is 11.8 Å². The molecule has 108 valence electrons. The third-order valence-electron chi connectivity index (χ3n) is 2.81. The number of hydrogen-bond acceptors (Lipinski definition) is 2. The summed E-state index contributed by atoms with van der Waals surface area (Å²) in [7, 11) is 0. The van der Waals surface area contributed by atoms with Crippen LogP contribution in [0.3, 0.4) is 0 Å². The largest absolute Gasteiger partial charge is 0.285 e. The van der Waals surface area contributed by atoms with Crippen molar-refractivity contribution in [3.05, 3.63) is 30.3 Å². The molecule has 0 spiro atoms. The number of hydrogen-bond donors (Lipinski definition) is 0. The summed E-state index contributed by atoms with van der Waals surface area (Å²) in [5.41, 5.74) is 0. The van der Waals surface area contributed by atoms with Gasteiger partial charge in [0.2, 0.25) is 5.78 Å². The Hall–Kier alpha value is -1.20. The van der Waals surface area contributed by atoms with Gasteiger partial charge in [0.05, 0.1) is 5.25 Å². The summed E-state index contributed by atoms with van der Waals surface area (Å²) in [5, 5.41) is 0.216. The molecule has 0 amide bonds. The van der Waals surface area contributed by atoms with Crippen LogP contribution in [0.25, 0.3) is 0 Å². The van der Waals surface area contributed by atoms with Crippen molar-refractivity contribution in [3.8, 4) is 11.8 Å². The third-order valence-corrected chi connectivity index (χ3v) is 3.99. The molecule has 0 saturated heterocycles. The normalized spacial score (nSPS) is 11.8. The Bertz CT molecular complexity index is 453. The van der Waals surface area contributed by atoms with E-state index in [-0.39, 0.29) is 11.0 Å². The van der Waals surface area contributed by atoms with E-state index in [0.29, 0.717) is 12.3 Å². The zero-order valence-corrected chi connectivity index (χ0v) is 13.5. The number of Topliss-reactive ketones (excluding diaryl/α,β-unsaturated/α-hetero) is 1. The van der Waals surface area contributed by atoms with Gasteiger partial charge in [-0.25, -0.2) is 0 Å². The molecule has 0 heterocycles. The SMILES string of the molecule is CCCCC(C#CC(=O)CC(C)C)Sc1ccccc1. The highest BCUT2D eigenvalue weighted by Gasteiger charge is 2.08. The third kappa shape index (κ3) is 7.40. The molecule has 1 aromatic rings. The van der Waals surface area contributed by atoms with E-state index in [9.17, 15) is 4.79 Å². The van der Waals surface area contributed by atoms with Crippen molar-refractivity contribution in [2.75, 3.05) is 0 Å². The van der Waals surface area contributed by atoms with Crippen LogP contribution in [0.2, 0.25) is 0 Å². The molecule has 1 rings (SSSR count). The first-order valence-electron chi connectivity index (χ1n) is 7.38. The maximum Gasteiger partial charge on any atom is 0.205 e. The van der Waals surface area contributed by atoms with Gasteiger partial charge in [0.25, 0.3) is 0 Å². The summed E-state index contributed by atoms with van der Waals surface area (Å²) < 4.78 is 0. The quantitative estimate of drug-likeness (QED) is 0.401. The van der Waals surface area contributed by atoms with E-state index in [4.69, 9.17) is 0 Å². The Morgan fingerprint density at radius 1 is 1.25 bits per heavy atom. The highest BCUT2D eigenvalue weighted by Crippen LogP contribution is 2.26. The van der Waals surface area contributed by atoms with Gasteiger partial charge in [0.15, 0.2) is 0 Å². The molecular weight excluding hydrogens is 264 g/mol. The first-order valence-corrected chi connectivity index (χ1v) is 8.25. The monoisotopic (exact) mass is 288 g/mol. The van der Waals surface area contributed by atoms with Crippen LogP contribution < -0.4 is 0 Å². The molecule has 0 radical (unpaired) electrons. The fourth-order valence-electron chi connectivity index (χ4n) is 1.80. The molecule has 0 aliphatic carbocycles. The minimum absolute atomic E-state index is 0.0650. The second-order valence-electron chi connectivity index (χ2n) is 5.35. The van der Waals surface area contributed by atoms with Crippen molar-refractivity contribution in [1.82, 2.24) is 0 Å². The molecule has 1 nitrogen and oxygen atoms in total. The molecule has 20 heavy (non-hydrogen) atoms. The molecule has 1 aromatic carbocycles. The first kappa shape index (κ1) is 16.9. The fraction of sp³-hybridized carbons (Fsp3) is 0.500. The lowest BCUT2D eigenvalue weighted by atomic mass is 10.1. The number of rotatable bonds is 7. The maximum atomic E-state index is 11.7. The van der Waals surface area contributed by atoms with Crippen LogP contribution >= 0.6 is 11.8 Å². The Kier molecular flexibility index (Phi) is 8.14. The summed E-state index contributed by atoms with van der Waals surface area (Å²) in [6.45, 7) is 6.28. The van der Waals surface area contributed by atoms with Crippen LogP contribution in [0.1, 0.15) is 46.5 Å². The smallest absolute Gasteiger partial charge is 0.205 e. The first-order chi connectivity index (χ1) is 9.61. The molecular formula is C18H24OS. The van der Waals surface area contributed by atoms with Crippen LogP contribution in [0, 0.1) is 17.8 Å². The summed E-state index contributed by atoms with van der Waals surface area (Å²) >= 11 is 1.76. The number of carbonyl (C=O) groups is 1. The van der Waals surface area contributed by atoms with Crippen molar-refractivity contribution < 1.29 is 4.79 Å². The standard InChI is InChI=1S/C18H24OS/c1-4-5-9-18(13-12-16(19)14-15(2)3)20-17-10-7-6-8-11-17/h6-8,10-11,15,18H,4-5,9,14H2,1-3H3. The van der Waals surface area contributed by atoms with Crippen LogP contribution in [-0.2, 0) is 4.79 Å². The van der Waals surface area contributed by atoms with E-state index < -0.39 is 0 Å². The van der Waals surface area contributed by atoms with Gasteiger partial charge in [-0.3, -0.25) is 4.79 Å². The number of benzene rings is 1. The Morgan fingerprint density at radius 2 is 1.95 bits per heavy atom. The average Bonchev–Trinajstić information content (AvgIpc) is 2.42. The van der Waals surface area contributed by atoms with Gasteiger partial charge in [0, 0.05) is 11.3 Å². The molecule has 0 saturated carbocycles. The molecule has 0 fully saturated rings. The van der Waals surface area contributed by atoms with Crippen molar-refractivity contribution in [2.45, 2.75) is 56.6 Å². The summed E-state index contributed by atoms with van der Waals surface area (Å²) in [4.78, 5) is 12.9. The van der Waals surface area contributed by atoms with E-state index in [1.165, 1.54) is 4.90 Å². The van der Waals surface area contributed by atoms with Crippen molar-refractivity contribution >= 4 is 17.5 Å². The van der Waals surface area contributed by atoms with Crippen molar-refractivity contribution in [3.63, 3.8) is 0 Å². The molecule has 0 N–H and O–H groups in total. The van der Waals surface area contributed by atoms with Crippen LogP contribution in [0.4, 0.5) is 0 Å². The minimum atomic E-state index is 0.0650. The minimum Gasteiger partial charge on any atom is -0.285 e. The summed E-state index contributed by atoms with van der Waals surface area (Å²) in [5.74, 6) is 6.45. The molecule has 2 heteroatoms. The number of carbonyl (C=O) groups excluding carboxylic acids is 1. The predicted octanol–water partition coefficient (Wildman–Crippen LogP) is 4.96. The van der Waals surface area contributed by atoms with Gasteiger partial charge in [-0.2, -0.15) is 0 Å². The van der Waals surface area contributed by atoms with E-state index in [0.717, 1.165) is 19.3 Å². The van der Waals surface area contributed by atoms with Gasteiger partial charge >= 0.3 is 0 Å². The molecule has 0 bridgehead atoms. The topological polar surface area (TPSA) is 17.1 Å². The van der Waals surface area contributed by atoms with E-state index in [1.807, 2.05) is 32.0 Å². The predicted molar refractivity (Wildman–Crippen MR) is 87.9 cm³/mol. The molecule has 0 aliphatic rings. The Labute approximate surface area is 127 Å². The van der Waals surface area contributed by atoms with E-state index in [1.54, 1.807) is 11.8 Å². The highest BCUT2D eigenvalue weighted by molar-refractivity contribution is 8.00. The van der Waals surface area contributed by atoms with Crippen LogP contribution in [-0.4, -0.2) is 11.0 Å². The second kappa shape index (κ2) is 9.66. The van der Waals surface area contributed by atoms with Gasteiger partial charge < -0.3 is 0 Å². The van der Waals surface area contributed by atoms with Gasteiger partial charge in [-0.05, 0) is 30.4 Å². The maximum absolute atomic E-state index is 11.7. The van der Waals surface area contributed by atoms with Gasteiger partial charge in [0.1, 0.15) is 0 Å². The zero-order chi connectivity index (χ0) is 14.8. The fourth-order valence-corrected chi connectivity index (χ4v) is 2.84. The number of unbranched alkanes of at least 4 members (excludes halogenated alkanes) is 1. The van der Waals surface area contributed by atoms with E-state index in [2.05, 4.69) is 30.9 Å². The molecule has 1 unspecified atom stereocenters. The Balaban J connectivity index is 2.64. The Morgan fingerprint density at radius 3 is 2.55 bits per heavy atom. The van der Waals surface area contributed by atoms with Crippen LogP contribution in [0.15, 0.2) is 35.2 Å². The highest BCUT2D eigenvalue weighted by atomic mass is 32.2. The number of ketones is 1. The molecule has 0 aliphatic heterocycles. The second-order valence-corrected chi connectivity index (χ2v) is 6.63. The number of thioether (sulfide) groups is 1.